The standard InChI is InChI=1S/C18H30O/c19-12-18-10-3-6-17(18)16-8-7-13-4-1-2-5-14(13)15(16)9-11-18/h13-17,19H,1-12H2/t13-,14+,15-,16-,17+,18+/m1/s1. The van der Waals surface area contributed by atoms with Gasteiger partial charge in [0.2, 0.25) is 0 Å². The second kappa shape index (κ2) is 4.76. The van der Waals surface area contributed by atoms with E-state index in [2.05, 4.69) is 0 Å². The molecule has 6 atom stereocenters. The third-order valence-electron chi connectivity index (χ3n) is 7.72. The molecule has 0 aliphatic heterocycles. The van der Waals surface area contributed by atoms with Crippen molar-refractivity contribution in [3.8, 4) is 0 Å². The number of fused-ring (bicyclic) bond motifs is 5. The van der Waals surface area contributed by atoms with E-state index >= 15 is 0 Å². The van der Waals surface area contributed by atoms with Crippen LogP contribution in [0.2, 0.25) is 0 Å². The van der Waals surface area contributed by atoms with Crippen LogP contribution in [0, 0.1) is 35.0 Å². The Hall–Kier alpha value is -0.0400. The monoisotopic (exact) mass is 262 g/mol. The summed E-state index contributed by atoms with van der Waals surface area (Å²) in [5, 5.41) is 9.97. The molecule has 4 fully saturated rings. The van der Waals surface area contributed by atoms with Crippen LogP contribution in [0.4, 0.5) is 0 Å². The van der Waals surface area contributed by atoms with Gasteiger partial charge in [-0.25, -0.2) is 0 Å². The van der Waals surface area contributed by atoms with Crippen molar-refractivity contribution in [1.82, 2.24) is 0 Å². The molecule has 0 radical (unpaired) electrons. The summed E-state index contributed by atoms with van der Waals surface area (Å²) >= 11 is 0. The third kappa shape index (κ3) is 1.83. The molecule has 4 aliphatic carbocycles. The Labute approximate surface area is 118 Å². The summed E-state index contributed by atoms with van der Waals surface area (Å²) in [7, 11) is 0. The summed E-state index contributed by atoms with van der Waals surface area (Å²) < 4.78 is 0. The first-order valence-corrected chi connectivity index (χ1v) is 8.95. The zero-order valence-corrected chi connectivity index (χ0v) is 12.3. The van der Waals surface area contributed by atoms with E-state index in [0.717, 1.165) is 29.6 Å². The van der Waals surface area contributed by atoms with Crippen molar-refractivity contribution >= 4 is 0 Å². The number of aliphatic hydroxyl groups is 1. The van der Waals surface area contributed by atoms with Crippen LogP contribution in [0.1, 0.15) is 70.6 Å². The number of aliphatic hydroxyl groups excluding tert-OH is 1. The molecule has 0 aromatic heterocycles. The van der Waals surface area contributed by atoms with Crippen LogP contribution in [0.3, 0.4) is 0 Å². The minimum absolute atomic E-state index is 0.364. The Balaban J connectivity index is 1.58. The lowest BCUT2D eigenvalue weighted by molar-refractivity contribution is -0.0744. The molecular weight excluding hydrogens is 232 g/mol. The highest BCUT2D eigenvalue weighted by molar-refractivity contribution is 5.04. The summed E-state index contributed by atoms with van der Waals surface area (Å²) in [5.41, 5.74) is 0.364. The third-order valence-corrected chi connectivity index (χ3v) is 7.72. The summed E-state index contributed by atoms with van der Waals surface area (Å²) in [5.74, 6) is 5.08. The SMILES string of the molecule is OC[C@@]12CCC[C@H]1[C@@H]1CC[C@H]3CCCC[C@@H]3[C@H]1CC2. The van der Waals surface area contributed by atoms with Crippen LogP contribution in [0.25, 0.3) is 0 Å². The first-order chi connectivity index (χ1) is 9.34. The van der Waals surface area contributed by atoms with E-state index in [1.807, 2.05) is 0 Å². The van der Waals surface area contributed by atoms with E-state index in [1.54, 1.807) is 0 Å². The van der Waals surface area contributed by atoms with Gasteiger partial charge in [-0.3, -0.25) is 0 Å². The Bertz CT molecular complexity index is 339. The maximum Gasteiger partial charge on any atom is 0.0490 e. The van der Waals surface area contributed by atoms with Gasteiger partial charge in [0, 0.05) is 6.61 Å². The van der Waals surface area contributed by atoms with E-state index in [0.29, 0.717) is 12.0 Å². The largest absolute Gasteiger partial charge is 0.396 e. The van der Waals surface area contributed by atoms with Gasteiger partial charge in [-0.1, -0.05) is 25.7 Å². The molecule has 0 unspecified atom stereocenters. The molecule has 4 saturated carbocycles. The van der Waals surface area contributed by atoms with E-state index in [1.165, 1.54) is 70.6 Å². The molecule has 0 bridgehead atoms. The van der Waals surface area contributed by atoms with Gasteiger partial charge in [0.05, 0.1) is 0 Å². The molecule has 0 saturated heterocycles. The average Bonchev–Trinajstić information content (AvgIpc) is 2.91. The number of rotatable bonds is 1. The highest BCUT2D eigenvalue weighted by Gasteiger charge is 2.54. The van der Waals surface area contributed by atoms with Gasteiger partial charge in [0.15, 0.2) is 0 Å². The molecule has 1 heteroatoms. The Kier molecular flexibility index (Phi) is 3.17. The lowest BCUT2D eigenvalue weighted by Gasteiger charge is -2.55. The summed E-state index contributed by atoms with van der Waals surface area (Å²) in [6.07, 6.45) is 16.0. The normalized spacial score (nSPS) is 53.2. The average molecular weight is 262 g/mol. The fraction of sp³-hybridized carbons (Fsp3) is 1.00. The molecular formula is C18H30O. The molecule has 0 amide bonds. The minimum atomic E-state index is 0.364. The van der Waals surface area contributed by atoms with Crippen molar-refractivity contribution < 1.29 is 5.11 Å². The van der Waals surface area contributed by atoms with Gasteiger partial charge in [0.25, 0.3) is 0 Å². The Morgan fingerprint density at radius 1 is 0.737 bits per heavy atom. The van der Waals surface area contributed by atoms with Gasteiger partial charge in [-0.2, -0.15) is 0 Å². The fourth-order valence-electron chi connectivity index (χ4n) is 6.90. The molecule has 19 heavy (non-hydrogen) atoms. The second-order valence-electron chi connectivity index (χ2n) is 8.17. The van der Waals surface area contributed by atoms with E-state index in [9.17, 15) is 5.11 Å². The van der Waals surface area contributed by atoms with Crippen LogP contribution in [-0.2, 0) is 0 Å². The smallest absolute Gasteiger partial charge is 0.0490 e. The van der Waals surface area contributed by atoms with Crippen LogP contribution in [0.15, 0.2) is 0 Å². The zero-order chi connectivity index (χ0) is 12.9. The second-order valence-corrected chi connectivity index (χ2v) is 8.17. The lowest BCUT2D eigenvalue weighted by Crippen LogP contribution is -2.48. The zero-order valence-electron chi connectivity index (χ0n) is 12.3. The van der Waals surface area contributed by atoms with Gasteiger partial charge < -0.3 is 5.11 Å². The lowest BCUT2D eigenvalue weighted by atomic mass is 9.50. The van der Waals surface area contributed by atoms with Crippen molar-refractivity contribution in [2.75, 3.05) is 6.61 Å². The quantitative estimate of drug-likeness (QED) is 0.743. The maximum absolute atomic E-state index is 9.97. The van der Waals surface area contributed by atoms with Crippen molar-refractivity contribution in [2.45, 2.75) is 70.6 Å². The van der Waals surface area contributed by atoms with Crippen molar-refractivity contribution in [3.63, 3.8) is 0 Å². The molecule has 0 aromatic carbocycles. The summed E-state index contributed by atoms with van der Waals surface area (Å²) in [4.78, 5) is 0. The van der Waals surface area contributed by atoms with Gasteiger partial charge in [-0.05, 0) is 80.0 Å². The van der Waals surface area contributed by atoms with E-state index < -0.39 is 0 Å². The number of hydrogen-bond acceptors (Lipinski definition) is 1. The molecule has 0 aromatic rings. The topological polar surface area (TPSA) is 20.2 Å². The Morgan fingerprint density at radius 2 is 1.63 bits per heavy atom. The molecule has 0 spiro atoms. The highest BCUT2D eigenvalue weighted by atomic mass is 16.3. The molecule has 4 rings (SSSR count). The van der Waals surface area contributed by atoms with Crippen LogP contribution >= 0.6 is 0 Å². The number of hydrogen-bond donors (Lipinski definition) is 1. The summed E-state index contributed by atoms with van der Waals surface area (Å²) in [6, 6.07) is 0. The van der Waals surface area contributed by atoms with Crippen LogP contribution < -0.4 is 0 Å². The van der Waals surface area contributed by atoms with Crippen molar-refractivity contribution in [1.29, 1.82) is 0 Å². The fourth-order valence-corrected chi connectivity index (χ4v) is 6.90. The van der Waals surface area contributed by atoms with E-state index in [4.69, 9.17) is 0 Å². The molecule has 4 aliphatic rings. The molecule has 108 valence electrons. The van der Waals surface area contributed by atoms with E-state index in [-0.39, 0.29) is 0 Å². The molecule has 1 nitrogen and oxygen atoms in total. The Morgan fingerprint density at radius 3 is 2.53 bits per heavy atom. The molecule has 0 heterocycles. The minimum Gasteiger partial charge on any atom is -0.396 e. The van der Waals surface area contributed by atoms with Gasteiger partial charge in [0.1, 0.15) is 0 Å². The van der Waals surface area contributed by atoms with Crippen molar-refractivity contribution in [2.24, 2.45) is 35.0 Å². The first kappa shape index (κ1) is 12.7. The first-order valence-electron chi connectivity index (χ1n) is 8.95. The summed E-state index contributed by atoms with van der Waals surface area (Å²) in [6.45, 7) is 0.481. The van der Waals surface area contributed by atoms with Crippen molar-refractivity contribution in [3.05, 3.63) is 0 Å². The highest BCUT2D eigenvalue weighted by Crippen LogP contribution is 2.62. The molecule has 1 N–H and O–H groups in total. The predicted octanol–water partition coefficient (Wildman–Crippen LogP) is 4.39. The van der Waals surface area contributed by atoms with Gasteiger partial charge in [-0.15, -0.1) is 0 Å². The maximum atomic E-state index is 9.97. The van der Waals surface area contributed by atoms with Gasteiger partial charge >= 0.3 is 0 Å². The van der Waals surface area contributed by atoms with Crippen LogP contribution in [0.5, 0.6) is 0 Å². The van der Waals surface area contributed by atoms with Crippen LogP contribution in [-0.4, -0.2) is 11.7 Å². The predicted molar refractivity (Wildman–Crippen MR) is 77.8 cm³/mol.